The average molecular weight is 443 g/mol. The summed E-state index contributed by atoms with van der Waals surface area (Å²) in [5, 5.41) is 11.7. The van der Waals surface area contributed by atoms with Gasteiger partial charge in [0.2, 0.25) is 0 Å². The van der Waals surface area contributed by atoms with Crippen LogP contribution in [0.4, 0.5) is 4.79 Å². The molecule has 0 bridgehead atoms. The lowest BCUT2D eigenvalue weighted by Crippen LogP contribution is -2.58. The lowest BCUT2D eigenvalue weighted by atomic mass is 9.93. The third-order valence-corrected chi connectivity index (χ3v) is 5.79. The molecule has 9 heteroatoms. The number of nitrogens with zero attached hydrogens (tertiary/aromatic N) is 1. The molecule has 0 spiro atoms. The van der Waals surface area contributed by atoms with Crippen molar-refractivity contribution in [3.63, 3.8) is 0 Å². The third kappa shape index (κ3) is 4.11. The number of carboxylic acid groups (broad SMARTS) is 1. The monoisotopic (exact) mass is 442 g/mol. The van der Waals surface area contributed by atoms with Gasteiger partial charge in [-0.2, -0.15) is 0 Å². The summed E-state index contributed by atoms with van der Waals surface area (Å²) in [6.07, 6.45) is 5.60. The second-order valence-electron chi connectivity index (χ2n) is 7.49. The van der Waals surface area contributed by atoms with Crippen LogP contribution in [0.25, 0.3) is 17.4 Å². The van der Waals surface area contributed by atoms with E-state index in [4.69, 9.17) is 16.0 Å². The van der Waals surface area contributed by atoms with Gasteiger partial charge in [-0.25, -0.2) is 9.59 Å². The Hall–Kier alpha value is -3.39. The van der Waals surface area contributed by atoms with Crippen molar-refractivity contribution in [1.82, 2.24) is 10.2 Å². The van der Waals surface area contributed by atoms with Crippen molar-refractivity contribution in [3.8, 4) is 11.3 Å². The van der Waals surface area contributed by atoms with E-state index in [0.717, 1.165) is 24.2 Å². The molecule has 1 aliphatic carbocycles. The molecule has 0 unspecified atom stereocenters. The van der Waals surface area contributed by atoms with Gasteiger partial charge in [0.05, 0.1) is 10.6 Å². The summed E-state index contributed by atoms with van der Waals surface area (Å²) in [7, 11) is 0. The molecule has 31 heavy (non-hydrogen) atoms. The van der Waals surface area contributed by atoms with Crippen molar-refractivity contribution in [3.05, 3.63) is 52.3 Å². The molecule has 4 rings (SSSR count). The summed E-state index contributed by atoms with van der Waals surface area (Å²) in [6, 6.07) is 6.37. The van der Waals surface area contributed by atoms with Gasteiger partial charge in [0, 0.05) is 11.6 Å². The predicted molar refractivity (Wildman–Crippen MR) is 111 cm³/mol. The van der Waals surface area contributed by atoms with E-state index < -0.39 is 23.8 Å². The number of rotatable bonds is 4. The summed E-state index contributed by atoms with van der Waals surface area (Å²) in [4.78, 5) is 49.9. The number of nitrogens with one attached hydrogen (secondary N) is 1. The zero-order chi connectivity index (χ0) is 22.1. The maximum absolute atomic E-state index is 12.9. The van der Waals surface area contributed by atoms with Gasteiger partial charge in [-0.05, 0) is 49.2 Å². The van der Waals surface area contributed by atoms with E-state index in [1.165, 1.54) is 30.3 Å². The van der Waals surface area contributed by atoms with Crippen molar-refractivity contribution < 1.29 is 28.7 Å². The molecule has 1 aromatic carbocycles. The molecule has 2 N–H and O–H groups in total. The van der Waals surface area contributed by atoms with Gasteiger partial charge in [-0.3, -0.25) is 19.8 Å². The first-order chi connectivity index (χ1) is 14.8. The minimum atomic E-state index is -1.11. The van der Waals surface area contributed by atoms with Crippen LogP contribution >= 0.6 is 11.6 Å². The Balaban J connectivity index is 1.64. The van der Waals surface area contributed by atoms with Gasteiger partial charge in [-0.15, -0.1) is 0 Å². The minimum absolute atomic E-state index is 0.0409. The van der Waals surface area contributed by atoms with Crippen molar-refractivity contribution >= 4 is 41.5 Å². The molecular weight excluding hydrogens is 424 g/mol. The highest BCUT2D eigenvalue weighted by Crippen LogP contribution is 2.32. The highest BCUT2D eigenvalue weighted by Gasteiger charge is 2.40. The fourth-order valence-corrected chi connectivity index (χ4v) is 4.12. The fraction of sp³-hybridized carbons (Fsp3) is 0.273. The van der Waals surface area contributed by atoms with Crippen molar-refractivity contribution in [1.29, 1.82) is 0 Å². The standard InChI is InChI=1S/C22H19ClN2O6/c23-17-8-6-12(21(28)29)10-15(17)18-9-7-14(31-18)11-16-19(26)24-22(30)25(20(16)27)13-4-2-1-3-5-13/h6-11,13H,1-5H2,(H,28,29)(H,24,26,30)/b16-11-. The number of amides is 4. The predicted octanol–water partition coefficient (Wildman–Crippen LogP) is 4.09. The number of carbonyl (C=O) groups is 4. The van der Waals surface area contributed by atoms with Crippen molar-refractivity contribution in [2.75, 3.05) is 0 Å². The molecule has 1 saturated heterocycles. The SMILES string of the molecule is O=C1NC(=O)N(C2CCCCC2)C(=O)/C1=C\c1ccc(-c2cc(C(=O)O)ccc2Cl)o1. The number of hydrogen-bond donors (Lipinski definition) is 2. The number of furan rings is 1. The molecule has 1 aromatic heterocycles. The Morgan fingerprint density at radius 1 is 1.13 bits per heavy atom. The summed E-state index contributed by atoms with van der Waals surface area (Å²) in [5.41, 5.74) is 0.209. The molecule has 0 atom stereocenters. The summed E-state index contributed by atoms with van der Waals surface area (Å²) >= 11 is 6.17. The fourth-order valence-electron chi connectivity index (χ4n) is 3.91. The number of carbonyl (C=O) groups excluding carboxylic acids is 3. The zero-order valence-electron chi connectivity index (χ0n) is 16.4. The van der Waals surface area contributed by atoms with Gasteiger partial charge < -0.3 is 9.52 Å². The number of aromatic carboxylic acids is 1. The van der Waals surface area contributed by atoms with Crippen LogP contribution in [-0.2, 0) is 9.59 Å². The second kappa shape index (κ2) is 8.39. The highest BCUT2D eigenvalue weighted by atomic mass is 35.5. The molecule has 8 nitrogen and oxygen atoms in total. The summed E-state index contributed by atoms with van der Waals surface area (Å²) in [6.45, 7) is 0. The summed E-state index contributed by atoms with van der Waals surface area (Å²) < 4.78 is 5.70. The molecule has 160 valence electrons. The molecule has 1 aliphatic heterocycles. The lowest BCUT2D eigenvalue weighted by molar-refractivity contribution is -0.132. The molecular formula is C22H19ClN2O6. The van der Waals surface area contributed by atoms with Crippen LogP contribution in [0.1, 0.15) is 48.2 Å². The molecule has 2 aliphatic rings. The van der Waals surface area contributed by atoms with E-state index in [1.54, 1.807) is 6.07 Å². The maximum atomic E-state index is 12.9. The number of halogens is 1. The smallest absolute Gasteiger partial charge is 0.335 e. The normalized spacial score (nSPS) is 19.1. The van der Waals surface area contributed by atoms with Gasteiger partial charge >= 0.3 is 12.0 Å². The largest absolute Gasteiger partial charge is 0.478 e. The zero-order valence-corrected chi connectivity index (χ0v) is 17.1. The van der Waals surface area contributed by atoms with Crippen LogP contribution in [0, 0.1) is 0 Å². The Morgan fingerprint density at radius 3 is 2.58 bits per heavy atom. The third-order valence-electron chi connectivity index (χ3n) is 5.47. The van der Waals surface area contributed by atoms with Crippen LogP contribution in [0.2, 0.25) is 5.02 Å². The van der Waals surface area contributed by atoms with Gasteiger partial charge in [0.1, 0.15) is 17.1 Å². The van der Waals surface area contributed by atoms with Crippen molar-refractivity contribution in [2.24, 2.45) is 0 Å². The van der Waals surface area contributed by atoms with Gasteiger partial charge in [0.15, 0.2) is 0 Å². The Labute approximate surface area is 182 Å². The minimum Gasteiger partial charge on any atom is -0.478 e. The molecule has 1 saturated carbocycles. The van der Waals surface area contributed by atoms with Crippen LogP contribution in [0.5, 0.6) is 0 Å². The van der Waals surface area contributed by atoms with E-state index in [9.17, 15) is 24.3 Å². The van der Waals surface area contributed by atoms with Crippen LogP contribution in [-0.4, -0.2) is 39.9 Å². The van der Waals surface area contributed by atoms with E-state index >= 15 is 0 Å². The summed E-state index contributed by atoms with van der Waals surface area (Å²) in [5.74, 6) is -2.06. The molecule has 0 radical (unpaired) electrons. The van der Waals surface area contributed by atoms with Gasteiger partial charge in [0.25, 0.3) is 11.8 Å². The lowest BCUT2D eigenvalue weighted by Gasteiger charge is -2.35. The number of barbiturate groups is 1. The number of imide groups is 2. The Kier molecular flexibility index (Phi) is 5.65. The molecule has 2 fully saturated rings. The van der Waals surface area contributed by atoms with E-state index in [2.05, 4.69) is 5.32 Å². The van der Waals surface area contributed by atoms with E-state index in [1.807, 2.05) is 0 Å². The number of benzene rings is 1. The molecule has 2 aromatic rings. The quantitative estimate of drug-likeness (QED) is 0.544. The maximum Gasteiger partial charge on any atom is 0.335 e. The Bertz CT molecular complexity index is 1110. The topological polar surface area (TPSA) is 117 Å². The van der Waals surface area contributed by atoms with Crippen molar-refractivity contribution in [2.45, 2.75) is 38.1 Å². The van der Waals surface area contributed by atoms with E-state index in [-0.39, 0.29) is 28.7 Å². The number of hydrogen-bond acceptors (Lipinski definition) is 5. The molecule has 4 amide bonds. The first kappa shape index (κ1) is 20.9. The second-order valence-corrected chi connectivity index (χ2v) is 7.89. The number of carboxylic acids is 1. The van der Waals surface area contributed by atoms with E-state index in [0.29, 0.717) is 23.4 Å². The average Bonchev–Trinajstić information content (AvgIpc) is 3.20. The first-order valence-corrected chi connectivity index (χ1v) is 10.3. The van der Waals surface area contributed by atoms with Crippen LogP contribution < -0.4 is 5.32 Å². The Morgan fingerprint density at radius 2 is 1.87 bits per heavy atom. The van der Waals surface area contributed by atoms with Crippen LogP contribution in [0.15, 0.2) is 40.3 Å². The highest BCUT2D eigenvalue weighted by molar-refractivity contribution is 6.33. The first-order valence-electron chi connectivity index (χ1n) is 9.89. The van der Waals surface area contributed by atoms with Crippen LogP contribution in [0.3, 0.4) is 0 Å². The van der Waals surface area contributed by atoms with Gasteiger partial charge in [-0.1, -0.05) is 30.9 Å². The molecule has 2 heterocycles. The number of urea groups is 1.